The molecule has 0 radical (unpaired) electrons. The van der Waals surface area contributed by atoms with Gasteiger partial charge in [0, 0.05) is 30.9 Å². The number of carbonyl (C=O) groups is 2. The molecule has 13 nitrogen and oxygen atoms in total. The van der Waals surface area contributed by atoms with Crippen LogP contribution in [0.4, 0.5) is 22.7 Å². The Hall–Kier alpha value is -7.80. The van der Waals surface area contributed by atoms with Crippen LogP contribution in [0.1, 0.15) is 536 Å². The minimum atomic E-state index is -0.483. The highest BCUT2D eigenvalue weighted by molar-refractivity contribution is 5.94. The molecule has 0 aromatic heterocycles. The van der Waals surface area contributed by atoms with Gasteiger partial charge in [-0.3, -0.25) is 9.98 Å². The second-order valence-electron chi connectivity index (χ2n) is 40.1. The van der Waals surface area contributed by atoms with Gasteiger partial charge in [-0.25, -0.2) is 9.59 Å². The van der Waals surface area contributed by atoms with Crippen molar-refractivity contribution in [2.75, 3.05) is 51.6 Å². The second kappa shape index (κ2) is 83.8. The molecule has 0 unspecified atom stereocenters. The zero-order chi connectivity index (χ0) is 97.8. The molecule has 138 heavy (non-hydrogen) atoms. The van der Waals surface area contributed by atoms with Crippen molar-refractivity contribution in [3.8, 4) is 46.0 Å². The van der Waals surface area contributed by atoms with E-state index in [-0.39, 0.29) is 0 Å². The summed E-state index contributed by atoms with van der Waals surface area (Å²) in [4.78, 5) is 40.5. The van der Waals surface area contributed by atoms with Crippen molar-refractivity contribution in [1.82, 2.24) is 0 Å². The number of carbonyl (C=O) groups excluding carboxylic acids is 2. The first-order chi connectivity index (χ1) is 68.2. The number of esters is 2. The van der Waals surface area contributed by atoms with Gasteiger partial charge in [0.05, 0.1) is 62.1 Å². The van der Waals surface area contributed by atoms with Crippen LogP contribution in [0.15, 0.2) is 131 Å². The van der Waals surface area contributed by atoms with Crippen molar-refractivity contribution in [2.24, 2.45) is 9.98 Å². The highest BCUT2D eigenvalue weighted by Crippen LogP contribution is 2.43. The maximum absolute atomic E-state index is 14.4. The monoisotopic (exact) mass is 1900 g/mol. The van der Waals surface area contributed by atoms with E-state index in [9.17, 15) is 9.59 Å². The summed E-state index contributed by atoms with van der Waals surface area (Å²) in [6.45, 7) is 17.0. The number of anilines is 2. The number of rotatable bonds is 94. The normalized spacial score (nSPS) is 11.5. The van der Waals surface area contributed by atoms with Crippen molar-refractivity contribution >= 4 is 47.1 Å². The lowest BCUT2D eigenvalue weighted by atomic mass is 10.1. The number of aliphatic imine (C=N–C) groups is 2. The first-order valence-electron chi connectivity index (χ1n) is 58.0. The summed E-state index contributed by atoms with van der Waals surface area (Å²) in [7, 11) is 2.06. The van der Waals surface area contributed by atoms with Gasteiger partial charge in [-0.1, -0.05) is 490 Å². The van der Waals surface area contributed by atoms with E-state index in [1.807, 2.05) is 36.7 Å². The topological polar surface area (TPSA) is 136 Å². The number of unbranched alkanes of at least 4 members (excludes halogenated alkanes) is 66. The van der Waals surface area contributed by atoms with Gasteiger partial charge >= 0.3 is 11.9 Å². The van der Waals surface area contributed by atoms with E-state index in [4.69, 9.17) is 47.9 Å². The molecule has 13 heteroatoms. The first-order valence-corrected chi connectivity index (χ1v) is 58.0. The molecule has 0 spiro atoms. The fourth-order valence-electron chi connectivity index (χ4n) is 18.4. The third-order valence-corrected chi connectivity index (χ3v) is 27.4. The Balaban J connectivity index is 1.06. The van der Waals surface area contributed by atoms with E-state index in [0.29, 0.717) is 96.8 Å². The molecule has 0 amide bonds. The Kier molecular flexibility index (Phi) is 72.2. The Morgan fingerprint density at radius 2 is 0.399 bits per heavy atom. The highest BCUT2D eigenvalue weighted by atomic mass is 16.6. The molecule has 0 aliphatic carbocycles. The predicted molar refractivity (Wildman–Crippen MR) is 591 cm³/mol. The van der Waals surface area contributed by atoms with Crippen molar-refractivity contribution in [3.05, 3.63) is 144 Å². The lowest BCUT2D eigenvalue weighted by molar-refractivity contribution is 0.0724. The third-order valence-electron chi connectivity index (χ3n) is 27.4. The van der Waals surface area contributed by atoms with E-state index in [0.717, 1.165) is 111 Å². The standard InChI is InChI=1S/C125H199N3O10/c1-8-14-20-26-32-38-44-50-56-62-68-74-96-131-118-102-110(103-119(132-97-75-69-63-57-51-45-39-33-27-21-15-9-2)122(118)135-100-78-72-66-60-54-48-42-36-30-24-18-12-5)124(129)137-116-92-84-112(85-93-116)126-106-108-80-88-114(89-81-108)128(7)115-90-82-109(83-91-115)107-127-113-86-94-117(95-87-113)138-125(130)111-104-120(133-98-76-70-64-58-52-46-40-34-28-22-16-10-3)123(136-101-79-73-67-61-55-49-43-37-31-25-19-13-6)121(105-111)134-99-77-71-65-59-53-47-41-35-29-23-17-11-4/h80-95,102-107H,8-79,96-101H2,1-7H3. The van der Waals surface area contributed by atoms with E-state index < -0.39 is 11.9 Å². The van der Waals surface area contributed by atoms with Gasteiger partial charge in [-0.2, -0.15) is 0 Å². The zero-order valence-electron chi connectivity index (χ0n) is 89.3. The quantitative estimate of drug-likeness (QED) is 0.0156. The number of ether oxygens (including phenoxy) is 8. The summed E-state index contributed by atoms with van der Waals surface area (Å²) < 4.78 is 52.3. The van der Waals surface area contributed by atoms with Crippen LogP contribution in [-0.4, -0.2) is 71.1 Å². The Morgan fingerprint density at radius 3 is 0.587 bits per heavy atom. The molecule has 0 fully saturated rings. The van der Waals surface area contributed by atoms with Gasteiger partial charge in [-0.15, -0.1) is 0 Å². The van der Waals surface area contributed by atoms with E-state index >= 15 is 0 Å². The Bertz CT molecular complexity index is 3580. The summed E-state index contributed by atoms with van der Waals surface area (Å²) in [5.41, 5.74) is 6.15. The number of benzene rings is 6. The van der Waals surface area contributed by atoms with Gasteiger partial charge in [0.15, 0.2) is 23.0 Å². The SMILES string of the molecule is CCCCCCCCCCCCCCOc1cc(C(=O)Oc2ccc(N=Cc3ccc(N(C)c4ccc(C=Nc5ccc(OC(=O)c6cc(OCCCCCCCCCCCCCC)c(OCCCCCCCCCCCCCC)c(OCCCCCCCCCCCCCC)c6)cc5)cc4)cc3)cc2)cc(OCCCCCCCCCCCCCC)c1OCCCCCCCCCCCCCC. The maximum atomic E-state index is 14.4. The van der Waals surface area contributed by atoms with Gasteiger partial charge in [-0.05, 0) is 147 Å². The van der Waals surface area contributed by atoms with E-state index in [1.165, 1.54) is 385 Å². The largest absolute Gasteiger partial charge is 0.490 e. The Morgan fingerprint density at radius 1 is 0.225 bits per heavy atom. The first kappa shape index (κ1) is 119. The van der Waals surface area contributed by atoms with Crippen LogP contribution in [-0.2, 0) is 0 Å². The minimum Gasteiger partial charge on any atom is -0.490 e. The van der Waals surface area contributed by atoms with Gasteiger partial charge in [0.25, 0.3) is 0 Å². The highest BCUT2D eigenvalue weighted by Gasteiger charge is 2.24. The molecule has 6 aromatic carbocycles. The molecule has 0 atom stereocenters. The van der Waals surface area contributed by atoms with Crippen molar-refractivity contribution in [2.45, 2.75) is 504 Å². The van der Waals surface area contributed by atoms with Crippen LogP contribution in [0, 0.1) is 0 Å². The summed E-state index contributed by atoms with van der Waals surface area (Å²) in [6, 6.07) is 38.5. The zero-order valence-corrected chi connectivity index (χ0v) is 89.3. The van der Waals surface area contributed by atoms with Gasteiger partial charge in [0.2, 0.25) is 11.5 Å². The third kappa shape index (κ3) is 58.6. The van der Waals surface area contributed by atoms with E-state index in [1.54, 1.807) is 48.5 Å². The molecule has 6 aromatic rings. The molecule has 0 aliphatic heterocycles. The molecule has 0 bridgehead atoms. The number of hydrogen-bond donors (Lipinski definition) is 0. The van der Waals surface area contributed by atoms with Crippen molar-refractivity contribution in [3.63, 3.8) is 0 Å². The molecule has 6 rings (SSSR count). The smallest absolute Gasteiger partial charge is 0.343 e. The van der Waals surface area contributed by atoms with E-state index in [2.05, 4.69) is 102 Å². The van der Waals surface area contributed by atoms with Crippen LogP contribution >= 0.6 is 0 Å². The Labute approximate surface area is 844 Å². The summed E-state index contributed by atoms with van der Waals surface area (Å²) in [5, 5.41) is 0. The summed E-state index contributed by atoms with van der Waals surface area (Å²) in [5.74, 6) is 3.25. The average molecular weight is 1900 g/mol. The van der Waals surface area contributed by atoms with Crippen LogP contribution in [0.25, 0.3) is 0 Å². The maximum Gasteiger partial charge on any atom is 0.343 e. The average Bonchev–Trinajstić information content (AvgIpc) is 0.816. The van der Waals surface area contributed by atoms with Crippen molar-refractivity contribution < 1.29 is 47.5 Å². The molecule has 0 saturated carbocycles. The summed E-state index contributed by atoms with van der Waals surface area (Å²) in [6.07, 6.45) is 95.2. The molecule has 774 valence electrons. The van der Waals surface area contributed by atoms with Crippen LogP contribution < -0.4 is 42.8 Å². The minimum absolute atomic E-state index is 0.366. The molecule has 0 N–H and O–H groups in total. The van der Waals surface area contributed by atoms with Gasteiger partial charge < -0.3 is 42.8 Å². The lowest BCUT2D eigenvalue weighted by Gasteiger charge is -2.19. The predicted octanol–water partition coefficient (Wildman–Crippen LogP) is 39.9. The molecule has 0 heterocycles. The van der Waals surface area contributed by atoms with Crippen molar-refractivity contribution in [1.29, 1.82) is 0 Å². The number of nitrogens with zero attached hydrogens (tertiary/aromatic N) is 3. The molecular formula is C125H199N3O10. The molecule has 0 aliphatic rings. The fraction of sp³-hybridized carbons (Fsp3) is 0.680. The van der Waals surface area contributed by atoms with Gasteiger partial charge in [0.1, 0.15) is 11.5 Å². The molecular weight excluding hydrogens is 1700 g/mol. The fourth-order valence-corrected chi connectivity index (χ4v) is 18.4. The number of hydrogen-bond acceptors (Lipinski definition) is 13. The van der Waals surface area contributed by atoms with Crippen LogP contribution in [0.5, 0.6) is 46.0 Å². The molecule has 0 saturated heterocycles. The van der Waals surface area contributed by atoms with Crippen LogP contribution in [0.2, 0.25) is 0 Å². The van der Waals surface area contributed by atoms with Crippen LogP contribution in [0.3, 0.4) is 0 Å². The summed E-state index contributed by atoms with van der Waals surface area (Å²) >= 11 is 0. The lowest BCUT2D eigenvalue weighted by Crippen LogP contribution is -2.12. The second-order valence-corrected chi connectivity index (χ2v) is 40.1.